The lowest BCUT2D eigenvalue weighted by molar-refractivity contribution is -0.177. The number of alkyl halides is 3. The lowest BCUT2D eigenvalue weighted by Gasteiger charge is -2.46. The second kappa shape index (κ2) is 12.0. The zero-order chi connectivity index (χ0) is 30.2. The maximum absolute atomic E-state index is 15.0. The molecule has 6 nitrogen and oxygen atoms in total. The number of nitrogens with zero attached hydrogens (tertiary/aromatic N) is 2. The van der Waals surface area contributed by atoms with Crippen molar-refractivity contribution in [3.8, 4) is 0 Å². The molecule has 1 saturated carbocycles. The number of hydrogen-bond donors (Lipinski definition) is 0. The second-order valence-corrected chi connectivity index (χ2v) is 13.3. The Morgan fingerprint density at radius 3 is 2.26 bits per heavy atom. The molecule has 1 saturated heterocycles. The molecule has 2 aliphatic rings. The highest BCUT2D eigenvalue weighted by Gasteiger charge is 2.49. The fourth-order valence-corrected chi connectivity index (χ4v) is 7.48. The Labute approximate surface area is 250 Å². The number of carbonyl (C=O) groups is 1. The van der Waals surface area contributed by atoms with E-state index >= 15 is 4.39 Å². The average molecular weight is 646 g/mol. The number of ether oxygens (including phenoxy) is 1. The number of amides is 1. The van der Waals surface area contributed by atoms with Gasteiger partial charge in [0.05, 0.1) is 36.0 Å². The van der Waals surface area contributed by atoms with Crippen LogP contribution in [-0.4, -0.2) is 49.8 Å². The number of carbonyl (C=O) groups excluding carboxylic acids is 1. The van der Waals surface area contributed by atoms with Crippen molar-refractivity contribution in [3.05, 3.63) is 99.8 Å². The smallest absolute Gasteiger partial charge is 0.361 e. The topological polar surface area (TPSA) is 66.9 Å². The van der Waals surface area contributed by atoms with Crippen LogP contribution in [-0.2, 0) is 19.6 Å². The molecule has 3 aromatic carbocycles. The van der Waals surface area contributed by atoms with E-state index in [4.69, 9.17) is 27.9 Å². The molecule has 3 unspecified atom stereocenters. The molecule has 5 rings (SSSR count). The zero-order valence-electron chi connectivity index (χ0n) is 22.0. The van der Waals surface area contributed by atoms with Crippen LogP contribution in [0.15, 0.2) is 72.8 Å². The van der Waals surface area contributed by atoms with Gasteiger partial charge in [0, 0.05) is 10.0 Å². The third-order valence-corrected chi connectivity index (χ3v) is 10.0. The standard InChI is InChI=1S/C29H26Cl2F4N2O4S/c30-20-10-8-18(9-11-20)27-28(19-4-3-5-21(31)14-19)41-17-26(38)37(27)22(15-29(33,34)35)16-36(42(39,40)23-12-13-23)25-7-2-1-6-24(25)32/h1-11,14,22-23,27-28H,12-13,15-17H2. The van der Waals surface area contributed by atoms with E-state index in [1.54, 1.807) is 36.4 Å². The molecule has 42 heavy (non-hydrogen) atoms. The van der Waals surface area contributed by atoms with E-state index in [1.165, 1.54) is 30.3 Å². The molecule has 1 aliphatic heterocycles. The summed E-state index contributed by atoms with van der Waals surface area (Å²) >= 11 is 12.3. The van der Waals surface area contributed by atoms with Crippen LogP contribution in [0.5, 0.6) is 0 Å². The molecule has 0 aromatic heterocycles. The number of benzene rings is 3. The molecular weight excluding hydrogens is 619 g/mol. The average Bonchev–Trinajstić information content (AvgIpc) is 3.78. The molecule has 0 spiro atoms. The monoisotopic (exact) mass is 644 g/mol. The SMILES string of the molecule is O=C1COC(c2cccc(Cl)c2)C(c2ccc(Cl)cc2)N1C(CN(c1ccccc1F)S(=O)(=O)C1CC1)CC(F)(F)F. The highest BCUT2D eigenvalue weighted by Crippen LogP contribution is 2.44. The molecule has 13 heteroatoms. The van der Waals surface area contributed by atoms with Gasteiger partial charge in [-0.1, -0.05) is 59.6 Å². The molecular formula is C29H26Cl2F4N2O4S. The first-order chi connectivity index (χ1) is 19.8. The van der Waals surface area contributed by atoms with E-state index in [1.807, 2.05) is 0 Å². The largest absolute Gasteiger partial charge is 0.391 e. The van der Waals surface area contributed by atoms with E-state index in [0.717, 1.165) is 11.0 Å². The number of anilines is 1. The number of halogens is 6. The third kappa shape index (κ3) is 6.69. The summed E-state index contributed by atoms with van der Waals surface area (Å²) in [5.41, 5.74) is 0.529. The van der Waals surface area contributed by atoms with Gasteiger partial charge in [-0.05, 0) is 60.4 Å². The fourth-order valence-electron chi connectivity index (χ4n) is 5.26. The second-order valence-electron chi connectivity index (χ2n) is 10.3. The number of para-hydroxylation sites is 1. The number of sulfonamides is 1. The van der Waals surface area contributed by atoms with Gasteiger partial charge in [-0.25, -0.2) is 12.8 Å². The lowest BCUT2D eigenvalue weighted by Crippen LogP contribution is -2.56. The van der Waals surface area contributed by atoms with Gasteiger partial charge in [-0.3, -0.25) is 9.10 Å². The van der Waals surface area contributed by atoms with Gasteiger partial charge in [0.25, 0.3) is 0 Å². The lowest BCUT2D eigenvalue weighted by atomic mass is 9.91. The van der Waals surface area contributed by atoms with Gasteiger partial charge < -0.3 is 9.64 Å². The van der Waals surface area contributed by atoms with Crippen LogP contribution >= 0.6 is 23.2 Å². The molecule has 0 bridgehead atoms. The van der Waals surface area contributed by atoms with Crippen molar-refractivity contribution in [3.63, 3.8) is 0 Å². The van der Waals surface area contributed by atoms with Gasteiger partial charge in [0.15, 0.2) is 0 Å². The Bertz CT molecular complexity index is 1550. The summed E-state index contributed by atoms with van der Waals surface area (Å²) in [4.78, 5) is 14.6. The zero-order valence-corrected chi connectivity index (χ0v) is 24.3. The van der Waals surface area contributed by atoms with Gasteiger partial charge in [0.1, 0.15) is 18.5 Å². The maximum Gasteiger partial charge on any atom is 0.391 e. The van der Waals surface area contributed by atoms with Crippen molar-refractivity contribution in [2.75, 3.05) is 17.5 Å². The Morgan fingerprint density at radius 2 is 1.64 bits per heavy atom. The molecule has 0 radical (unpaired) electrons. The minimum absolute atomic E-state index is 0.304. The van der Waals surface area contributed by atoms with Crippen LogP contribution in [0.1, 0.15) is 42.5 Å². The van der Waals surface area contributed by atoms with Crippen LogP contribution in [0.4, 0.5) is 23.2 Å². The van der Waals surface area contributed by atoms with Crippen LogP contribution in [0.25, 0.3) is 0 Å². The van der Waals surface area contributed by atoms with Gasteiger partial charge in [0.2, 0.25) is 15.9 Å². The van der Waals surface area contributed by atoms with Crippen molar-refractivity contribution in [2.45, 2.75) is 48.9 Å². The minimum Gasteiger partial charge on any atom is -0.361 e. The Morgan fingerprint density at radius 1 is 0.952 bits per heavy atom. The Kier molecular flexibility index (Phi) is 8.76. The van der Waals surface area contributed by atoms with E-state index < -0.39 is 70.9 Å². The maximum atomic E-state index is 15.0. The van der Waals surface area contributed by atoms with Crippen LogP contribution in [0, 0.1) is 5.82 Å². The summed E-state index contributed by atoms with van der Waals surface area (Å²) in [6.07, 6.45) is -6.70. The Balaban J connectivity index is 1.65. The highest BCUT2D eigenvalue weighted by atomic mass is 35.5. The van der Waals surface area contributed by atoms with Gasteiger partial charge >= 0.3 is 6.18 Å². The summed E-state index contributed by atoms with van der Waals surface area (Å²) in [7, 11) is -4.25. The van der Waals surface area contributed by atoms with E-state index in [9.17, 15) is 26.4 Å². The van der Waals surface area contributed by atoms with Crippen molar-refractivity contribution in [2.24, 2.45) is 0 Å². The summed E-state index contributed by atoms with van der Waals surface area (Å²) < 4.78 is 91.3. The first kappa shape index (κ1) is 30.6. The molecule has 1 amide bonds. The minimum atomic E-state index is -4.80. The summed E-state index contributed by atoms with van der Waals surface area (Å²) in [6.45, 7) is -1.39. The van der Waals surface area contributed by atoms with Crippen molar-refractivity contribution in [1.82, 2.24) is 4.90 Å². The normalized spacial score (nSPS) is 20.4. The van der Waals surface area contributed by atoms with E-state index in [0.29, 0.717) is 38.3 Å². The Hall–Kier alpha value is -2.86. The number of morpholine rings is 1. The summed E-state index contributed by atoms with van der Waals surface area (Å²) in [5, 5.41) is -0.140. The van der Waals surface area contributed by atoms with E-state index in [-0.39, 0.29) is 5.69 Å². The first-order valence-corrected chi connectivity index (χ1v) is 15.4. The summed E-state index contributed by atoms with van der Waals surface area (Å²) in [5.74, 6) is -1.69. The number of rotatable bonds is 9. The summed E-state index contributed by atoms with van der Waals surface area (Å²) in [6, 6.07) is 14.9. The van der Waals surface area contributed by atoms with Crippen LogP contribution < -0.4 is 4.31 Å². The van der Waals surface area contributed by atoms with Crippen molar-refractivity contribution in [1.29, 1.82) is 0 Å². The van der Waals surface area contributed by atoms with Crippen molar-refractivity contribution < 1.29 is 35.5 Å². The van der Waals surface area contributed by atoms with Gasteiger partial charge in [-0.15, -0.1) is 0 Å². The highest BCUT2D eigenvalue weighted by molar-refractivity contribution is 7.93. The quantitative estimate of drug-likeness (QED) is 0.233. The molecule has 1 heterocycles. The molecule has 0 N–H and O–H groups in total. The molecule has 2 fully saturated rings. The molecule has 3 atom stereocenters. The molecule has 3 aromatic rings. The van der Waals surface area contributed by atoms with Crippen LogP contribution in [0.3, 0.4) is 0 Å². The predicted molar refractivity (Wildman–Crippen MR) is 151 cm³/mol. The van der Waals surface area contributed by atoms with E-state index in [2.05, 4.69) is 0 Å². The molecule has 1 aliphatic carbocycles. The third-order valence-electron chi connectivity index (χ3n) is 7.26. The predicted octanol–water partition coefficient (Wildman–Crippen LogP) is 7.09. The first-order valence-electron chi connectivity index (χ1n) is 13.1. The van der Waals surface area contributed by atoms with Crippen molar-refractivity contribution >= 4 is 44.8 Å². The molecule has 224 valence electrons. The fraction of sp³-hybridized carbons (Fsp3) is 0.345. The van der Waals surface area contributed by atoms with Crippen LogP contribution in [0.2, 0.25) is 10.0 Å². The number of hydrogen-bond acceptors (Lipinski definition) is 4. The van der Waals surface area contributed by atoms with Gasteiger partial charge in [-0.2, -0.15) is 13.2 Å².